The lowest BCUT2D eigenvalue weighted by Gasteiger charge is -2.21. The van der Waals surface area contributed by atoms with E-state index in [-0.39, 0.29) is 18.7 Å². The van der Waals surface area contributed by atoms with Crippen LogP contribution in [-0.4, -0.2) is 41.2 Å². The van der Waals surface area contributed by atoms with Crippen molar-refractivity contribution in [3.05, 3.63) is 47.0 Å². The SMILES string of the molecule is Cc1ncc(CNC(=O)c2ccc3c(c2)OCO3)c([C@H]2CCCN2C)n1. The summed E-state index contributed by atoms with van der Waals surface area (Å²) in [5.74, 6) is 1.87. The number of hydrogen-bond acceptors (Lipinski definition) is 6. The van der Waals surface area contributed by atoms with Crippen LogP contribution < -0.4 is 14.8 Å². The molecule has 0 unspecified atom stereocenters. The van der Waals surface area contributed by atoms with Gasteiger partial charge in [-0.15, -0.1) is 0 Å². The molecule has 4 rings (SSSR count). The van der Waals surface area contributed by atoms with Crippen LogP contribution in [-0.2, 0) is 6.54 Å². The molecular weight excluding hydrogens is 332 g/mol. The Labute approximate surface area is 152 Å². The van der Waals surface area contributed by atoms with Gasteiger partial charge in [0.2, 0.25) is 6.79 Å². The molecule has 0 radical (unpaired) electrons. The first-order valence-corrected chi connectivity index (χ1v) is 8.82. The van der Waals surface area contributed by atoms with Crippen molar-refractivity contribution in [2.75, 3.05) is 20.4 Å². The third-order valence-electron chi connectivity index (χ3n) is 4.93. The highest BCUT2D eigenvalue weighted by molar-refractivity contribution is 5.94. The molecular formula is C19H22N4O3. The van der Waals surface area contributed by atoms with E-state index in [1.54, 1.807) is 18.2 Å². The number of nitrogens with zero attached hydrogens (tertiary/aromatic N) is 3. The van der Waals surface area contributed by atoms with Crippen molar-refractivity contribution < 1.29 is 14.3 Å². The monoisotopic (exact) mass is 354 g/mol. The average Bonchev–Trinajstić information content (AvgIpc) is 3.28. The molecule has 7 nitrogen and oxygen atoms in total. The van der Waals surface area contributed by atoms with Crippen LogP contribution in [0.4, 0.5) is 0 Å². The minimum absolute atomic E-state index is 0.158. The topological polar surface area (TPSA) is 76.6 Å². The fourth-order valence-corrected chi connectivity index (χ4v) is 3.51. The number of fused-ring (bicyclic) bond motifs is 1. The fraction of sp³-hybridized carbons (Fsp3) is 0.421. The molecule has 1 fully saturated rings. The number of amides is 1. The third kappa shape index (κ3) is 3.22. The zero-order valence-corrected chi connectivity index (χ0v) is 15.0. The molecule has 0 spiro atoms. The molecule has 0 bridgehead atoms. The van der Waals surface area contributed by atoms with Crippen LogP contribution in [0.25, 0.3) is 0 Å². The zero-order valence-electron chi connectivity index (χ0n) is 15.0. The molecule has 1 aromatic heterocycles. The molecule has 3 heterocycles. The first-order chi connectivity index (χ1) is 12.6. The molecule has 1 amide bonds. The summed E-state index contributed by atoms with van der Waals surface area (Å²) in [6.45, 7) is 3.55. The van der Waals surface area contributed by atoms with Gasteiger partial charge in [-0.05, 0) is 51.6 Å². The number of hydrogen-bond donors (Lipinski definition) is 1. The Morgan fingerprint density at radius 1 is 1.35 bits per heavy atom. The van der Waals surface area contributed by atoms with Gasteiger partial charge in [0.1, 0.15) is 5.82 Å². The second-order valence-electron chi connectivity index (χ2n) is 6.72. The van der Waals surface area contributed by atoms with Crippen LogP contribution >= 0.6 is 0 Å². The maximum atomic E-state index is 12.5. The first kappa shape index (κ1) is 16.8. The quantitative estimate of drug-likeness (QED) is 0.907. The standard InChI is InChI=1S/C19H22N4O3/c1-12-20-9-14(18(22-12)15-4-3-7-23(15)2)10-21-19(24)13-5-6-16-17(8-13)26-11-25-16/h5-6,8-9,15H,3-4,7,10-11H2,1-2H3,(H,21,24)/t15-/m1/s1. The van der Waals surface area contributed by atoms with E-state index in [2.05, 4.69) is 27.2 Å². The molecule has 2 aliphatic rings. The largest absolute Gasteiger partial charge is 0.454 e. The van der Waals surface area contributed by atoms with Crippen LogP contribution in [0.1, 0.15) is 46.3 Å². The lowest BCUT2D eigenvalue weighted by atomic mass is 10.1. The van der Waals surface area contributed by atoms with E-state index in [4.69, 9.17) is 9.47 Å². The number of nitrogens with one attached hydrogen (secondary N) is 1. The van der Waals surface area contributed by atoms with Crippen molar-refractivity contribution in [2.24, 2.45) is 0 Å². The zero-order chi connectivity index (χ0) is 18.1. The Morgan fingerprint density at radius 2 is 2.19 bits per heavy atom. The van der Waals surface area contributed by atoms with Gasteiger partial charge >= 0.3 is 0 Å². The van der Waals surface area contributed by atoms with Crippen LogP contribution in [0.15, 0.2) is 24.4 Å². The van der Waals surface area contributed by atoms with Gasteiger partial charge in [0, 0.05) is 23.9 Å². The lowest BCUT2D eigenvalue weighted by molar-refractivity contribution is 0.0950. The minimum Gasteiger partial charge on any atom is -0.454 e. The Morgan fingerprint density at radius 3 is 3.00 bits per heavy atom. The van der Waals surface area contributed by atoms with Gasteiger partial charge in [0.15, 0.2) is 11.5 Å². The van der Waals surface area contributed by atoms with E-state index in [0.29, 0.717) is 23.6 Å². The molecule has 1 atom stereocenters. The molecule has 2 aromatic rings. The smallest absolute Gasteiger partial charge is 0.251 e. The van der Waals surface area contributed by atoms with Gasteiger partial charge in [-0.25, -0.2) is 9.97 Å². The Balaban J connectivity index is 1.50. The predicted molar refractivity (Wildman–Crippen MR) is 95.1 cm³/mol. The van der Waals surface area contributed by atoms with E-state index in [1.165, 1.54) is 0 Å². The molecule has 1 saturated heterocycles. The molecule has 7 heteroatoms. The summed E-state index contributed by atoms with van der Waals surface area (Å²) in [7, 11) is 2.12. The van der Waals surface area contributed by atoms with Crippen molar-refractivity contribution >= 4 is 5.91 Å². The molecule has 1 aromatic carbocycles. The molecule has 26 heavy (non-hydrogen) atoms. The summed E-state index contributed by atoms with van der Waals surface area (Å²) >= 11 is 0. The molecule has 1 N–H and O–H groups in total. The third-order valence-corrected chi connectivity index (χ3v) is 4.93. The Kier molecular flexibility index (Phi) is 4.46. The number of aryl methyl sites for hydroxylation is 1. The van der Waals surface area contributed by atoms with E-state index < -0.39 is 0 Å². The normalized spacial score (nSPS) is 18.9. The number of rotatable bonds is 4. The van der Waals surface area contributed by atoms with Crippen LogP contribution in [0.2, 0.25) is 0 Å². The van der Waals surface area contributed by atoms with Crippen molar-refractivity contribution in [1.29, 1.82) is 0 Å². The van der Waals surface area contributed by atoms with Gasteiger partial charge < -0.3 is 14.8 Å². The number of carbonyl (C=O) groups is 1. The Bertz CT molecular complexity index is 840. The van der Waals surface area contributed by atoms with E-state index in [9.17, 15) is 4.79 Å². The van der Waals surface area contributed by atoms with Crippen molar-refractivity contribution in [3.8, 4) is 11.5 Å². The molecule has 2 aliphatic heterocycles. The van der Waals surface area contributed by atoms with Crippen molar-refractivity contribution in [2.45, 2.75) is 32.4 Å². The van der Waals surface area contributed by atoms with Crippen molar-refractivity contribution in [3.63, 3.8) is 0 Å². The van der Waals surface area contributed by atoms with E-state index in [1.807, 2.05) is 13.1 Å². The summed E-state index contributed by atoms with van der Waals surface area (Å²) in [6, 6.07) is 5.48. The van der Waals surface area contributed by atoms with Crippen molar-refractivity contribution in [1.82, 2.24) is 20.2 Å². The summed E-state index contributed by atoms with van der Waals surface area (Å²) < 4.78 is 10.6. The van der Waals surface area contributed by atoms with Gasteiger partial charge in [0.25, 0.3) is 5.91 Å². The summed E-state index contributed by atoms with van der Waals surface area (Å²) in [5, 5.41) is 2.97. The first-order valence-electron chi connectivity index (χ1n) is 8.82. The van der Waals surface area contributed by atoms with Crippen LogP contribution in [0, 0.1) is 6.92 Å². The van der Waals surface area contributed by atoms with Crippen LogP contribution in [0.5, 0.6) is 11.5 Å². The molecule has 0 saturated carbocycles. The number of ether oxygens (including phenoxy) is 2. The average molecular weight is 354 g/mol. The lowest BCUT2D eigenvalue weighted by Crippen LogP contribution is -2.26. The maximum Gasteiger partial charge on any atom is 0.251 e. The highest BCUT2D eigenvalue weighted by Gasteiger charge is 2.26. The van der Waals surface area contributed by atoms with Gasteiger partial charge in [-0.1, -0.05) is 0 Å². The maximum absolute atomic E-state index is 12.5. The predicted octanol–water partition coefficient (Wildman–Crippen LogP) is 2.21. The number of aromatic nitrogens is 2. The summed E-state index contributed by atoms with van der Waals surface area (Å²) in [6.07, 6.45) is 4.06. The van der Waals surface area contributed by atoms with E-state index in [0.717, 1.165) is 36.5 Å². The van der Waals surface area contributed by atoms with Gasteiger partial charge in [0.05, 0.1) is 11.7 Å². The van der Waals surface area contributed by atoms with Crippen LogP contribution in [0.3, 0.4) is 0 Å². The highest BCUT2D eigenvalue weighted by atomic mass is 16.7. The van der Waals surface area contributed by atoms with Gasteiger partial charge in [-0.3, -0.25) is 9.69 Å². The number of likely N-dealkylation sites (tertiary alicyclic amines) is 1. The van der Waals surface area contributed by atoms with E-state index >= 15 is 0 Å². The second-order valence-corrected chi connectivity index (χ2v) is 6.72. The molecule has 0 aliphatic carbocycles. The number of benzene rings is 1. The summed E-state index contributed by atoms with van der Waals surface area (Å²) in [5.41, 5.74) is 2.52. The molecule has 136 valence electrons. The van der Waals surface area contributed by atoms with Gasteiger partial charge in [-0.2, -0.15) is 0 Å². The highest BCUT2D eigenvalue weighted by Crippen LogP contribution is 2.33. The number of carbonyl (C=O) groups excluding carboxylic acids is 1. The second kappa shape index (κ2) is 6.92. The minimum atomic E-state index is -0.158. The Hall–Kier alpha value is -2.67. The summed E-state index contributed by atoms with van der Waals surface area (Å²) in [4.78, 5) is 23.8. The fourth-order valence-electron chi connectivity index (χ4n) is 3.51.